The number of carbonyl (C=O) groups excluding carboxylic acids is 3. The number of nitrogens with zero attached hydrogens (tertiary/aromatic N) is 1. The quantitative estimate of drug-likeness (QED) is 0.669. The number of benzene rings is 2. The minimum atomic E-state index is -1.02. The molecule has 0 saturated heterocycles. The first kappa shape index (κ1) is 17.9. The van der Waals surface area contributed by atoms with Crippen molar-refractivity contribution in [3.63, 3.8) is 0 Å². The fraction of sp³-hybridized carbons (Fsp3) is 0.0526. The highest BCUT2D eigenvalue weighted by molar-refractivity contribution is 5.99. The number of primary amides is 1. The molecule has 0 bridgehead atoms. The van der Waals surface area contributed by atoms with Gasteiger partial charge in [-0.25, -0.2) is 14.6 Å². The van der Waals surface area contributed by atoms with Crippen LogP contribution in [0.15, 0.2) is 65.2 Å². The maximum atomic E-state index is 12.3. The second-order valence-electron chi connectivity index (χ2n) is 5.43. The SMILES string of the molecule is NC(=O)NC(=O)COC(=O)c1ccccc1-c1ncc(-c2ccccc2)o1. The summed E-state index contributed by atoms with van der Waals surface area (Å²) >= 11 is 0. The Morgan fingerprint density at radius 1 is 1.04 bits per heavy atom. The fourth-order valence-corrected chi connectivity index (χ4v) is 2.36. The topological polar surface area (TPSA) is 125 Å². The van der Waals surface area contributed by atoms with Gasteiger partial charge in [-0.3, -0.25) is 10.1 Å². The Bertz CT molecular complexity index is 982. The molecule has 0 aliphatic rings. The van der Waals surface area contributed by atoms with Crippen molar-refractivity contribution in [2.45, 2.75) is 0 Å². The number of oxazole rings is 1. The maximum Gasteiger partial charge on any atom is 0.339 e. The van der Waals surface area contributed by atoms with E-state index in [1.807, 2.05) is 35.6 Å². The van der Waals surface area contributed by atoms with E-state index in [0.29, 0.717) is 11.3 Å². The van der Waals surface area contributed by atoms with Crippen LogP contribution in [0.5, 0.6) is 0 Å². The van der Waals surface area contributed by atoms with Crippen molar-refractivity contribution in [3.8, 4) is 22.8 Å². The summed E-state index contributed by atoms with van der Waals surface area (Å²) in [6.07, 6.45) is 1.56. The van der Waals surface area contributed by atoms with Crippen LogP contribution in [-0.4, -0.2) is 29.5 Å². The largest absolute Gasteiger partial charge is 0.452 e. The highest BCUT2D eigenvalue weighted by Gasteiger charge is 2.19. The minimum Gasteiger partial charge on any atom is -0.452 e. The lowest BCUT2D eigenvalue weighted by Gasteiger charge is -2.07. The van der Waals surface area contributed by atoms with Gasteiger partial charge >= 0.3 is 12.0 Å². The number of nitrogens with one attached hydrogen (secondary N) is 1. The summed E-state index contributed by atoms with van der Waals surface area (Å²) in [6, 6.07) is 14.9. The first-order valence-corrected chi connectivity index (χ1v) is 7.91. The molecule has 0 saturated carbocycles. The molecule has 3 N–H and O–H groups in total. The summed E-state index contributed by atoms with van der Waals surface area (Å²) in [5.74, 6) is -0.793. The molecule has 0 fully saturated rings. The Morgan fingerprint density at radius 3 is 2.48 bits per heavy atom. The molecule has 8 heteroatoms. The zero-order chi connectivity index (χ0) is 19.2. The molecule has 0 atom stereocenters. The number of carbonyl (C=O) groups is 3. The smallest absolute Gasteiger partial charge is 0.339 e. The van der Waals surface area contributed by atoms with Crippen molar-refractivity contribution >= 4 is 17.9 Å². The Morgan fingerprint density at radius 2 is 1.74 bits per heavy atom. The summed E-state index contributed by atoms with van der Waals surface area (Å²) in [5, 5.41) is 1.81. The number of hydrogen-bond acceptors (Lipinski definition) is 6. The van der Waals surface area contributed by atoms with Gasteiger partial charge in [-0.2, -0.15) is 0 Å². The number of amides is 3. The van der Waals surface area contributed by atoms with E-state index in [0.717, 1.165) is 5.56 Å². The fourth-order valence-electron chi connectivity index (χ4n) is 2.36. The van der Waals surface area contributed by atoms with Crippen LogP contribution in [0.3, 0.4) is 0 Å². The van der Waals surface area contributed by atoms with Crippen molar-refractivity contribution in [2.75, 3.05) is 6.61 Å². The van der Waals surface area contributed by atoms with Gasteiger partial charge in [0, 0.05) is 5.56 Å². The summed E-state index contributed by atoms with van der Waals surface area (Å²) in [7, 11) is 0. The third-order valence-corrected chi connectivity index (χ3v) is 3.54. The maximum absolute atomic E-state index is 12.3. The summed E-state index contributed by atoms with van der Waals surface area (Å²) in [4.78, 5) is 38.5. The number of rotatable bonds is 5. The normalized spacial score (nSPS) is 10.2. The summed E-state index contributed by atoms with van der Waals surface area (Å²) in [5.41, 5.74) is 6.26. The Labute approximate surface area is 154 Å². The van der Waals surface area contributed by atoms with Crippen molar-refractivity contribution < 1.29 is 23.5 Å². The minimum absolute atomic E-state index is 0.172. The van der Waals surface area contributed by atoms with Crippen LogP contribution < -0.4 is 11.1 Å². The van der Waals surface area contributed by atoms with E-state index < -0.39 is 24.5 Å². The van der Waals surface area contributed by atoms with Crippen LogP contribution in [0.1, 0.15) is 10.4 Å². The van der Waals surface area contributed by atoms with Crippen molar-refractivity contribution in [3.05, 3.63) is 66.4 Å². The van der Waals surface area contributed by atoms with Gasteiger partial charge in [0.15, 0.2) is 12.4 Å². The van der Waals surface area contributed by atoms with Crippen molar-refractivity contribution in [2.24, 2.45) is 5.73 Å². The lowest BCUT2D eigenvalue weighted by molar-refractivity contribution is -0.123. The second-order valence-corrected chi connectivity index (χ2v) is 5.43. The van der Waals surface area contributed by atoms with Crippen LogP contribution in [0.2, 0.25) is 0 Å². The monoisotopic (exact) mass is 365 g/mol. The van der Waals surface area contributed by atoms with E-state index in [1.165, 1.54) is 6.07 Å². The van der Waals surface area contributed by atoms with Crippen LogP contribution in [0.25, 0.3) is 22.8 Å². The molecular weight excluding hydrogens is 350 g/mol. The first-order chi connectivity index (χ1) is 13.0. The molecule has 136 valence electrons. The number of esters is 1. The van der Waals surface area contributed by atoms with Gasteiger partial charge in [0.25, 0.3) is 5.91 Å². The van der Waals surface area contributed by atoms with Crippen LogP contribution in [0.4, 0.5) is 4.79 Å². The zero-order valence-corrected chi connectivity index (χ0v) is 14.0. The van der Waals surface area contributed by atoms with E-state index in [-0.39, 0.29) is 11.5 Å². The molecule has 3 amide bonds. The molecule has 27 heavy (non-hydrogen) atoms. The third kappa shape index (κ3) is 4.37. The highest BCUT2D eigenvalue weighted by Crippen LogP contribution is 2.28. The molecule has 3 rings (SSSR count). The van der Waals surface area contributed by atoms with Crippen LogP contribution in [-0.2, 0) is 9.53 Å². The van der Waals surface area contributed by atoms with Crippen LogP contribution >= 0.6 is 0 Å². The molecule has 8 nitrogen and oxygen atoms in total. The number of imide groups is 1. The first-order valence-electron chi connectivity index (χ1n) is 7.91. The standard InChI is InChI=1S/C19H15N3O5/c20-19(25)22-16(23)11-26-18(24)14-9-5-4-8-13(14)17-21-10-15(27-17)12-6-2-1-3-7-12/h1-10H,11H2,(H3,20,22,23,25). The Kier molecular flexibility index (Phi) is 5.27. The van der Waals surface area contributed by atoms with Gasteiger partial charge in [-0.15, -0.1) is 0 Å². The molecule has 2 aromatic carbocycles. The van der Waals surface area contributed by atoms with Gasteiger partial charge < -0.3 is 14.9 Å². The van der Waals surface area contributed by atoms with Gasteiger partial charge in [-0.05, 0) is 12.1 Å². The van der Waals surface area contributed by atoms with E-state index >= 15 is 0 Å². The van der Waals surface area contributed by atoms with Gasteiger partial charge in [0.2, 0.25) is 5.89 Å². The van der Waals surface area contributed by atoms with Crippen molar-refractivity contribution in [1.82, 2.24) is 10.3 Å². The Hall–Kier alpha value is -3.94. The number of urea groups is 1. The second kappa shape index (κ2) is 7.96. The highest BCUT2D eigenvalue weighted by atomic mass is 16.5. The van der Waals surface area contributed by atoms with Crippen molar-refractivity contribution in [1.29, 1.82) is 0 Å². The summed E-state index contributed by atoms with van der Waals surface area (Å²) < 4.78 is 10.7. The molecule has 0 unspecified atom stereocenters. The Balaban J connectivity index is 1.80. The number of hydrogen-bond donors (Lipinski definition) is 2. The van der Waals surface area contributed by atoms with Gasteiger partial charge in [0.1, 0.15) is 0 Å². The molecular formula is C19H15N3O5. The lowest BCUT2D eigenvalue weighted by atomic mass is 10.1. The zero-order valence-electron chi connectivity index (χ0n) is 14.0. The van der Waals surface area contributed by atoms with E-state index in [1.54, 1.807) is 24.4 Å². The number of nitrogens with two attached hydrogens (primary N) is 1. The van der Waals surface area contributed by atoms with Crippen LogP contribution in [0, 0.1) is 0 Å². The average Bonchev–Trinajstić information content (AvgIpc) is 3.16. The van der Waals surface area contributed by atoms with Gasteiger partial charge in [-0.1, -0.05) is 42.5 Å². The molecule has 0 radical (unpaired) electrons. The molecule has 0 aliphatic carbocycles. The average molecular weight is 365 g/mol. The molecule has 1 heterocycles. The predicted octanol–water partition coefficient (Wildman–Crippen LogP) is 2.36. The summed E-state index contributed by atoms with van der Waals surface area (Å²) in [6.45, 7) is -0.642. The number of aromatic nitrogens is 1. The molecule has 3 aromatic rings. The third-order valence-electron chi connectivity index (χ3n) is 3.54. The van der Waals surface area contributed by atoms with E-state index in [4.69, 9.17) is 14.9 Å². The lowest BCUT2D eigenvalue weighted by Crippen LogP contribution is -2.37. The number of ether oxygens (including phenoxy) is 1. The molecule has 0 aliphatic heterocycles. The molecule has 1 aromatic heterocycles. The molecule has 0 spiro atoms. The van der Waals surface area contributed by atoms with E-state index in [2.05, 4.69) is 4.98 Å². The van der Waals surface area contributed by atoms with Gasteiger partial charge in [0.05, 0.1) is 17.3 Å². The predicted molar refractivity (Wildman–Crippen MR) is 95.4 cm³/mol. The van der Waals surface area contributed by atoms with E-state index in [9.17, 15) is 14.4 Å².